The molecule has 0 saturated carbocycles. The van der Waals surface area contributed by atoms with Gasteiger partial charge in [0.15, 0.2) is 0 Å². The van der Waals surface area contributed by atoms with Gasteiger partial charge in [0.25, 0.3) is 0 Å². The summed E-state index contributed by atoms with van der Waals surface area (Å²) in [6.07, 6.45) is 1.35. The van der Waals surface area contributed by atoms with Gasteiger partial charge in [-0.15, -0.1) is 0 Å². The largest absolute Gasteiger partial charge is 0.406 e. The molecular formula is C18H18F3N5O. The number of halogens is 3. The lowest BCUT2D eigenvalue weighted by atomic mass is 10.1. The van der Waals surface area contributed by atoms with Gasteiger partial charge in [-0.25, -0.2) is 9.97 Å². The molecule has 142 valence electrons. The third-order valence-corrected chi connectivity index (χ3v) is 4.92. The van der Waals surface area contributed by atoms with Crippen LogP contribution in [0.3, 0.4) is 0 Å². The van der Waals surface area contributed by atoms with E-state index >= 15 is 0 Å². The van der Waals surface area contributed by atoms with Crippen LogP contribution in [-0.4, -0.2) is 58.6 Å². The van der Waals surface area contributed by atoms with Crippen molar-refractivity contribution in [1.29, 1.82) is 0 Å². The summed E-state index contributed by atoms with van der Waals surface area (Å²) < 4.78 is 37.7. The molecule has 0 aromatic carbocycles. The molecular weight excluding hydrogens is 359 g/mol. The first-order chi connectivity index (χ1) is 12.8. The molecule has 0 radical (unpaired) electrons. The van der Waals surface area contributed by atoms with Crippen molar-refractivity contribution in [2.45, 2.75) is 12.6 Å². The number of anilines is 1. The fourth-order valence-electron chi connectivity index (χ4n) is 3.70. The zero-order chi connectivity index (χ0) is 19.2. The van der Waals surface area contributed by atoms with Crippen LogP contribution in [0.2, 0.25) is 0 Å². The van der Waals surface area contributed by atoms with E-state index in [9.17, 15) is 18.0 Å². The van der Waals surface area contributed by atoms with Gasteiger partial charge in [-0.1, -0.05) is 0 Å². The van der Waals surface area contributed by atoms with Crippen LogP contribution in [0.4, 0.5) is 19.0 Å². The molecule has 0 aliphatic carbocycles. The number of hydrogen-bond acceptors (Lipinski definition) is 4. The highest BCUT2D eigenvalue weighted by Gasteiger charge is 2.36. The zero-order valence-corrected chi connectivity index (χ0v) is 14.6. The Bertz CT molecular complexity index is 999. The van der Waals surface area contributed by atoms with Gasteiger partial charge < -0.3 is 14.8 Å². The first-order valence-electron chi connectivity index (χ1n) is 8.61. The standard InChI is InChI=1S/C18H18F3N5O/c1-25(10-18(19,20)21)17(27)12-4-7-26(9-12)16-14-11(2-5-23-16)8-24-15-13(14)3-6-22-15/h2-3,5-6,8,12H,4,7,9-10H2,1H3,(H,22,24). The fraction of sp³-hybridized carbons (Fsp3) is 0.389. The molecule has 1 aliphatic rings. The molecule has 0 spiro atoms. The minimum atomic E-state index is -4.40. The Morgan fingerprint density at radius 2 is 2.19 bits per heavy atom. The van der Waals surface area contributed by atoms with Gasteiger partial charge in [-0.05, 0) is 18.6 Å². The summed E-state index contributed by atoms with van der Waals surface area (Å²) in [6.45, 7) is -0.317. The van der Waals surface area contributed by atoms with E-state index in [-0.39, 0.29) is 0 Å². The maximum Gasteiger partial charge on any atom is 0.406 e. The highest BCUT2D eigenvalue weighted by Crippen LogP contribution is 2.33. The van der Waals surface area contributed by atoms with Gasteiger partial charge in [-0.2, -0.15) is 13.2 Å². The van der Waals surface area contributed by atoms with Crippen LogP contribution in [0.5, 0.6) is 0 Å². The third-order valence-electron chi connectivity index (χ3n) is 4.92. The number of alkyl halides is 3. The number of fused-ring (bicyclic) bond motifs is 3. The molecule has 1 unspecified atom stereocenters. The number of carbonyl (C=O) groups excluding carboxylic acids is 1. The number of pyridine rings is 2. The van der Waals surface area contributed by atoms with Crippen molar-refractivity contribution >= 4 is 33.5 Å². The maximum absolute atomic E-state index is 12.6. The lowest BCUT2D eigenvalue weighted by molar-refractivity contribution is -0.160. The second-order valence-corrected chi connectivity index (χ2v) is 6.84. The van der Waals surface area contributed by atoms with Crippen LogP contribution in [0.15, 0.2) is 30.7 Å². The quantitative estimate of drug-likeness (QED) is 0.762. The lowest BCUT2D eigenvalue weighted by Gasteiger charge is -2.23. The van der Waals surface area contributed by atoms with E-state index in [1.165, 1.54) is 7.05 Å². The number of rotatable bonds is 3. The number of nitrogens with one attached hydrogen (secondary N) is 1. The second kappa shape index (κ2) is 6.40. The first kappa shape index (κ1) is 17.6. The Morgan fingerprint density at radius 1 is 1.37 bits per heavy atom. The SMILES string of the molecule is CN(CC(F)(F)F)C(=O)C1CCN(c2nccc3cnc4[nH]ccc4c23)C1. The summed E-state index contributed by atoms with van der Waals surface area (Å²) in [6, 6.07) is 3.79. The third kappa shape index (κ3) is 3.29. The van der Waals surface area contributed by atoms with Crippen molar-refractivity contribution in [2.24, 2.45) is 5.92 Å². The van der Waals surface area contributed by atoms with Crippen molar-refractivity contribution in [3.63, 3.8) is 0 Å². The van der Waals surface area contributed by atoms with E-state index in [2.05, 4.69) is 15.0 Å². The Balaban J connectivity index is 1.61. The van der Waals surface area contributed by atoms with E-state index < -0.39 is 24.5 Å². The van der Waals surface area contributed by atoms with Gasteiger partial charge in [0.1, 0.15) is 18.0 Å². The van der Waals surface area contributed by atoms with Crippen molar-refractivity contribution in [2.75, 3.05) is 31.6 Å². The number of amides is 1. The summed E-state index contributed by atoms with van der Waals surface area (Å²) in [7, 11) is 1.20. The van der Waals surface area contributed by atoms with Crippen molar-refractivity contribution in [3.05, 3.63) is 30.7 Å². The smallest absolute Gasteiger partial charge is 0.355 e. The highest BCUT2D eigenvalue weighted by molar-refractivity contribution is 6.10. The molecule has 1 N–H and O–H groups in total. The summed E-state index contributed by atoms with van der Waals surface area (Å²) in [5.74, 6) is -0.227. The Hall–Kier alpha value is -2.84. The van der Waals surface area contributed by atoms with Gasteiger partial charge >= 0.3 is 6.18 Å². The molecule has 4 rings (SSSR count). The number of aromatic nitrogens is 3. The van der Waals surface area contributed by atoms with E-state index in [1.54, 1.807) is 18.6 Å². The molecule has 1 fully saturated rings. The predicted molar refractivity (Wildman–Crippen MR) is 95.4 cm³/mol. The normalized spacial score (nSPS) is 17.8. The lowest BCUT2D eigenvalue weighted by Crippen LogP contribution is -2.40. The van der Waals surface area contributed by atoms with E-state index in [4.69, 9.17) is 0 Å². The first-order valence-corrected chi connectivity index (χ1v) is 8.61. The van der Waals surface area contributed by atoms with Gasteiger partial charge in [0, 0.05) is 54.9 Å². The second-order valence-electron chi connectivity index (χ2n) is 6.84. The molecule has 1 amide bonds. The summed E-state index contributed by atoms with van der Waals surface area (Å²) in [4.78, 5) is 27.1. The molecule has 4 heterocycles. The molecule has 6 nitrogen and oxygen atoms in total. The summed E-state index contributed by atoms with van der Waals surface area (Å²) >= 11 is 0. The number of nitrogens with zero attached hydrogens (tertiary/aromatic N) is 4. The number of carbonyl (C=O) groups is 1. The predicted octanol–water partition coefficient (Wildman–Crippen LogP) is 2.96. The number of aromatic amines is 1. The van der Waals surface area contributed by atoms with Crippen LogP contribution in [0.1, 0.15) is 6.42 Å². The molecule has 27 heavy (non-hydrogen) atoms. The topological polar surface area (TPSA) is 65.1 Å². The monoisotopic (exact) mass is 377 g/mol. The molecule has 9 heteroatoms. The molecule has 1 atom stereocenters. The molecule has 3 aromatic heterocycles. The minimum Gasteiger partial charge on any atom is -0.355 e. The fourth-order valence-corrected chi connectivity index (χ4v) is 3.70. The number of hydrogen-bond donors (Lipinski definition) is 1. The highest BCUT2D eigenvalue weighted by atomic mass is 19.4. The van der Waals surface area contributed by atoms with Crippen LogP contribution in [0.25, 0.3) is 21.8 Å². The zero-order valence-electron chi connectivity index (χ0n) is 14.6. The Kier molecular flexibility index (Phi) is 4.16. The molecule has 1 aliphatic heterocycles. The molecule has 3 aromatic rings. The van der Waals surface area contributed by atoms with Crippen LogP contribution in [0, 0.1) is 5.92 Å². The summed E-state index contributed by atoms with van der Waals surface area (Å²) in [5.41, 5.74) is 0.744. The Labute approximate surface area is 153 Å². The van der Waals surface area contributed by atoms with Crippen molar-refractivity contribution in [3.8, 4) is 0 Å². The van der Waals surface area contributed by atoms with Gasteiger partial charge in [-0.3, -0.25) is 4.79 Å². The van der Waals surface area contributed by atoms with Crippen molar-refractivity contribution < 1.29 is 18.0 Å². The van der Waals surface area contributed by atoms with Gasteiger partial charge in [0.2, 0.25) is 5.91 Å². The molecule has 0 bridgehead atoms. The van der Waals surface area contributed by atoms with Crippen molar-refractivity contribution in [1.82, 2.24) is 19.9 Å². The maximum atomic E-state index is 12.6. The Morgan fingerprint density at radius 3 is 2.96 bits per heavy atom. The minimum absolute atomic E-state index is 0.349. The van der Waals surface area contributed by atoms with Gasteiger partial charge in [0.05, 0.1) is 5.92 Å². The summed E-state index contributed by atoms with van der Waals surface area (Å²) in [5, 5.41) is 2.79. The van der Waals surface area contributed by atoms with E-state index in [0.717, 1.165) is 32.5 Å². The number of H-pyrrole nitrogens is 1. The van der Waals surface area contributed by atoms with Crippen LogP contribution >= 0.6 is 0 Å². The molecule has 1 saturated heterocycles. The average Bonchev–Trinajstić information content (AvgIpc) is 3.28. The average molecular weight is 377 g/mol. The van der Waals surface area contributed by atoms with E-state index in [0.29, 0.717) is 19.5 Å². The van der Waals surface area contributed by atoms with E-state index in [1.807, 2.05) is 17.0 Å². The van der Waals surface area contributed by atoms with Crippen LogP contribution < -0.4 is 4.90 Å². The van der Waals surface area contributed by atoms with Crippen LogP contribution in [-0.2, 0) is 4.79 Å².